The standard InChI is InChI=1S/C11H11ClN2/c1-7-3-4-9(5-11(7)12)10-6-13-14-8(10)2/h3-6H,1-2H3,(H,13,14). The molecule has 0 bridgehead atoms. The molecule has 0 amide bonds. The first-order valence-corrected chi connectivity index (χ1v) is 4.83. The second-order valence-corrected chi connectivity index (χ2v) is 3.78. The summed E-state index contributed by atoms with van der Waals surface area (Å²) >= 11 is 6.05. The summed E-state index contributed by atoms with van der Waals surface area (Å²) < 4.78 is 0. The lowest BCUT2D eigenvalue weighted by molar-refractivity contribution is 1.05. The molecule has 72 valence electrons. The maximum Gasteiger partial charge on any atom is 0.0568 e. The van der Waals surface area contributed by atoms with Crippen LogP contribution in [-0.2, 0) is 0 Å². The molecule has 0 atom stereocenters. The van der Waals surface area contributed by atoms with Crippen LogP contribution in [0.4, 0.5) is 0 Å². The summed E-state index contributed by atoms with van der Waals surface area (Å²) in [5.74, 6) is 0. The first-order chi connectivity index (χ1) is 6.68. The Morgan fingerprint density at radius 2 is 2.07 bits per heavy atom. The van der Waals surface area contributed by atoms with Crippen molar-refractivity contribution in [3.8, 4) is 11.1 Å². The molecule has 0 saturated carbocycles. The van der Waals surface area contributed by atoms with E-state index in [1.54, 1.807) is 0 Å². The van der Waals surface area contributed by atoms with Gasteiger partial charge in [0, 0.05) is 16.3 Å². The fourth-order valence-corrected chi connectivity index (χ4v) is 1.58. The number of nitrogens with zero attached hydrogens (tertiary/aromatic N) is 1. The zero-order chi connectivity index (χ0) is 10.1. The molecule has 2 aromatic rings. The summed E-state index contributed by atoms with van der Waals surface area (Å²) in [5, 5.41) is 7.68. The van der Waals surface area contributed by atoms with Crippen LogP contribution in [0.2, 0.25) is 5.02 Å². The van der Waals surface area contributed by atoms with Crippen LogP contribution in [0, 0.1) is 13.8 Å². The van der Waals surface area contributed by atoms with Crippen molar-refractivity contribution in [3.63, 3.8) is 0 Å². The maximum absolute atomic E-state index is 6.05. The predicted molar refractivity (Wildman–Crippen MR) is 58.5 cm³/mol. The number of nitrogens with one attached hydrogen (secondary N) is 1. The van der Waals surface area contributed by atoms with E-state index in [4.69, 9.17) is 11.6 Å². The lowest BCUT2D eigenvalue weighted by atomic mass is 10.1. The Hall–Kier alpha value is -1.28. The molecule has 0 aliphatic carbocycles. The highest BCUT2D eigenvalue weighted by atomic mass is 35.5. The Morgan fingerprint density at radius 3 is 2.64 bits per heavy atom. The Balaban J connectivity index is 2.53. The molecular weight excluding hydrogens is 196 g/mol. The molecule has 2 nitrogen and oxygen atoms in total. The van der Waals surface area contributed by atoms with Crippen molar-refractivity contribution in [1.82, 2.24) is 10.2 Å². The van der Waals surface area contributed by atoms with Crippen LogP contribution in [-0.4, -0.2) is 10.2 Å². The monoisotopic (exact) mass is 206 g/mol. The SMILES string of the molecule is Cc1ccc(-c2cn[nH]c2C)cc1Cl. The Morgan fingerprint density at radius 1 is 1.29 bits per heavy atom. The van der Waals surface area contributed by atoms with Gasteiger partial charge in [0.05, 0.1) is 6.20 Å². The van der Waals surface area contributed by atoms with Gasteiger partial charge in [-0.2, -0.15) is 5.10 Å². The fraction of sp³-hybridized carbons (Fsp3) is 0.182. The van der Waals surface area contributed by atoms with E-state index in [1.165, 1.54) is 0 Å². The lowest BCUT2D eigenvalue weighted by Crippen LogP contribution is -1.81. The lowest BCUT2D eigenvalue weighted by Gasteiger charge is -2.02. The second kappa shape index (κ2) is 3.46. The van der Waals surface area contributed by atoms with E-state index in [1.807, 2.05) is 32.2 Å². The highest BCUT2D eigenvalue weighted by Gasteiger charge is 2.04. The molecule has 0 radical (unpaired) electrons. The van der Waals surface area contributed by atoms with Gasteiger partial charge in [0.15, 0.2) is 0 Å². The van der Waals surface area contributed by atoms with Crippen molar-refractivity contribution < 1.29 is 0 Å². The third-order valence-corrected chi connectivity index (χ3v) is 2.72. The number of H-pyrrole nitrogens is 1. The van der Waals surface area contributed by atoms with Gasteiger partial charge in [-0.05, 0) is 31.0 Å². The van der Waals surface area contributed by atoms with E-state index < -0.39 is 0 Å². The van der Waals surface area contributed by atoms with Crippen molar-refractivity contribution in [1.29, 1.82) is 0 Å². The van der Waals surface area contributed by atoms with Crippen molar-refractivity contribution >= 4 is 11.6 Å². The number of halogens is 1. The minimum atomic E-state index is 0.795. The van der Waals surface area contributed by atoms with E-state index in [2.05, 4.69) is 16.3 Å². The quantitative estimate of drug-likeness (QED) is 0.762. The molecule has 14 heavy (non-hydrogen) atoms. The Kier molecular flexibility index (Phi) is 2.30. The fourth-order valence-electron chi connectivity index (χ4n) is 1.40. The topological polar surface area (TPSA) is 28.7 Å². The zero-order valence-electron chi connectivity index (χ0n) is 8.13. The molecule has 0 saturated heterocycles. The number of aryl methyl sites for hydroxylation is 2. The molecule has 0 aliphatic rings. The molecule has 0 spiro atoms. The zero-order valence-corrected chi connectivity index (χ0v) is 8.89. The predicted octanol–water partition coefficient (Wildman–Crippen LogP) is 3.35. The molecule has 1 heterocycles. The molecular formula is C11H11ClN2. The second-order valence-electron chi connectivity index (χ2n) is 3.37. The third-order valence-electron chi connectivity index (χ3n) is 2.31. The van der Waals surface area contributed by atoms with E-state index in [9.17, 15) is 0 Å². The summed E-state index contributed by atoms with van der Waals surface area (Å²) in [6.45, 7) is 3.99. The first kappa shape index (κ1) is 9.28. The molecule has 0 fully saturated rings. The van der Waals surface area contributed by atoms with Crippen molar-refractivity contribution in [2.45, 2.75) is 13.8 Å². The van der Waals surface area contributed by atoms with Gasteiger partial charge in [0.25, 0.3) is 0 Å². The Labute approximate surface area is 87.9 Å². The molecule has 1 N–H and O–H groups in total. The van der Waals surface area contributed by atoms with Gasteiger partial charge in [-0.1, -0.05) is 23.7 Å². The van der Waals surface area contributed by atoms with Crippen LogP contribution in [0.3, 0.4) is 0 Å². The number of aromatic amines is 1. The number of aromatic nitrogens is 2. The molecule has 0 aliphatic heterocycles. The summed E-state index contributed by atoms with van der Waals surface area (Å²) in [6.07, 6.45) is 1.82. The smallest absolute Gasteiger partial charge is 0.0568 e. The van der Waals surface area contributed by atoms with Crippen molar-refractivity contribution in [2.24, 2.45) is 0 Å². The van der Waals surface area contributed by atoms with Crippen LogP contribution in [0.1, 0.15) is 11.3 Å². The highest BCUT2D eigenvalue weighted by Crippen LogP contribution is 2.26. The van der Waals surface area contributed by atoms with Gasteiger partial charge in [-0.15, -0.1) is 0 Å². The maximum atomic E-state index is 6.05. The van der Waals surface area contributed by atoms with E-state index in [0.717, 1.165) is 27.4 Å². The van der Waals surface area contributed by atoms with E-state index in [-0.39, 0.29) is 0 Å². The largest absolute Gasteiger partial charge is 0.282 e. The number of hydrogen-bond donors (Lipinski definition) is 1. The average molecular weight is 207 g/mol. The molecule has 1 aromatic heterocycles. The van der Waals surface area contributed by atoms with Gasteiger partial charge >= 0.3 is 0 Å². The summed E-state index contributed by atoms with van der Waals surface area (Å²) in [6, 6.07) is 6.04. The van der Waals surface area contributed by atoms with Crippen LogP contribution in [0.15, 0.2) is 24.4 Å². The number of rotatable bonds is 1. The molecule has 2 rings (SSSR count). The van der Waals surface area contributed by atoms with Gasteiger partial charge in [0.2, 0.25) is 0 Å². The van der Waals surface area contributed by atoms with Gasteiger partial charge in [-0.3, -0.25) is 5.10 Å². The van der Waals surface area contributed by atoms with Gasteiger partial charge in [0.1, 0.15) is 0 Å². The molecule has 0 unspecified atom stereocenters. The normalized spacial score (nSPS) is 10.5. The van der Waals surface area contributed by atoms with Crippen LogP contribution >= 0.6 is 11.6 Å². The number of hydrogen-bond acceptors (Lipinski definition) is 1. The summed E-state index contributed by atoms with van der Waals surface area (Å²) in [4.78, 5) is 0. The van der Waals surface area contributed by atoms with E-state index >= 15 is 0 Å². The average Bonchev–Trinajstić information content (AvgIpc) is 2.57. The minimum Gasteiger partial charge on any atom is -0.282 e. The Bertz CT molecular complexity index is 460. The third kappa shape index (κ3) is 1.53. The van der Waals surface area contributed by atoms with Gasteiger partial charge in [-0.25, -0.2) is 0 Å². The minimum absolute atomic E-state index is 0.795. The molecule has 3 heteroatoms. The van der Waals surface area contributed by atoms with Crippen LogP contribution in [0.25, 0.3) is 11.1 Å². The van der Waals surface area contributed by atoms with E-state index in [0.29, 0.717) is 0 Å². The molecule has 1 aromatic carbocycles. The van der Waals surface area contributed by atoms with Crippen LogP contribution < -0.4 is 0 Å². The van der Waals surface area contributed by atoms with Crippen molar-refractivity contribution in [3.05, 3.63) is 40.7 Å². The number of benzene rings is 1. The van der Waals surface area contributed by atoms with Crippen molar-refractivity contribution in [2.75, 3.05) is 0 Å². The summed E-state index contributed by atoms with van der Waals surface area (Å²) in [5.41, 5.74) is 4.36. The highest BCUT2D eigenvalue weighted by molar-refractivity contribution is 6.31. The summed E-state index contributed by atoms with van der Waals surface area (Å²) in [7, 11) is 0. The first-order valence-electron chi connectivity index (χ1n) is 4.45. The van der Waals surface area contributed by atoms with Crippen LogP contribution in [0.5, 0.6) is 0 Å². The van der Waals surface area contributed by atoms with Gasteiger partial charge < -0.3 is 0 Å².